The highest BCUT2D eigenvalue weighted by atomic mass is 33.1. The Kier molecular flexibility index (Phi) is 17.6. The van der Waals surface area contributed by atoms with Crippen molar-refractivity contribution in [1.29, 1.82) is 0 Å². The third-order valence-electron chi connectivity index (χ3n) is 12.7. The third kappa shape index (κ3) is 11.7. The zero-order valence-electron chi connectivity index (χ0n) is 39.2. The molecule has 1 atom stereocenters. The van der Waals surface area contributed by atoms with Gasteiger partial charge in [-0.05, 0) is 91.2 Å². The van der Waals surface area contributed by atoms with Crippen LogP contribution in [0.4, 0.5) is 22.7 Å². The third-order valence-corrected chi connectivity index (χ3v) is 15.1. The van der Waals surface area contributed by atoms with Crippen LogP contribution in [0, 0.1) is 0 Å². The van der Waals surface area contributed by atoms with Crippen LogP contribution < -0.4 is 25.3 Å². The second-order valence-corrected chi connectivity index (χ2v) is 20.4. The van der Waals surface area contributed by atoms with Crippen molar-refractivity contribution in [1.82, 2.24) is 10.6 Å². The summed E-state index contributed by atoms with van der Waals surface area (Å²) in [5.74, 6) is 1.27. The minimum Gasteiger partial charge on any atom is -0.395 e. The van der Waals surface area contributed by atoms with Crippen molar-refractivity contribution in [3.63, 3.8) is 0 Å². The Morgan fingerprint density at radius 3 is 1.64 bits per heavy atom. The zero-order chi connectivity index (χ0) is 47.4. The SMILES string of the molecule is CN1c2ccc(C(=O)NCCSSCCNC(=O)c3ccc4c(c3)C(C)(C)C(/C=C/c3ccc(N(CCO)CCO)cc3)=[N+]4C)cc2C(C)(C)C1/C=C/c1ccc(N(CCO)CCO)cc1. The van der Waals surface area contributed by atoms with Gasteiger partial charge in [0.1, 0.15) is 7.05 Å². The number of anilines is 3. The van der Waals surface area contributed by atoms with Gasteiger partial charge in [-0.3, -0.25) is 9.59 Å². The fourth-order valence-corrected chi connectivity index (χ4v) is 10.9. The summed E-state index contributed by atoms with van der Waals surface area (Å²) in [5.41, 5.74) is 10.2. The molecule has 4 aromatic rings. The zero-order valence-corrected chi connectivity index (χ0v) is 40.8. The lowest BCUT2D eigenvalue weighted by molar-refractivity contribution is -0.401. The summed E-state index contributed by atoms with van der Waals surface area (Å²) in [6.45, 7) is 11.8. The maximum Gasteiger partial charge on any atom is 0.251 e. The number of aliphatic hydroxyl groups is 4. The van der Waals surface area contributed by atoms with Gasteiger partial charge in [0.2, 0.25) is 5.69 Å². The molecule has 2 aliphatic rings. The number of nitrogens with zero attached hydrogens (tertiary/aromatic N) is 4. The van der Waals surface area contributed by atoms with E-state index in [1.165, 1.54) is 0 Å². The molecule has 2 amide bonds. The van der Waals surface area contributed by atoms with Gasteiger partial charge in [-0.15, -0.1) is 0 Å². The second kappa shape index (κ2) is 23.1. The van der Waals surface area contributed by atoms with Crippen LogP contribution >= 0.6 is 21.6 Å². The molecule has 6 N–H and O–H groups in total. The molecule has 14 heteroatoms. The highest BCUT2D eigenvalue weighted by Gasteiger charge is 2.44. The van der Waals surface area contributed by atoms with Gasteiger partial charge < -0.3 is 45.8 Å². The number of amides is 2. The summed E-state index contributed by atoms with van der Waals surface area (Å²) < 4.78 is 2.18. The molecule has 0 bridgehead atoms. The van der Waals surface area contributed by atoms with E-state index < -0.39 is 0 Å². The minimum atomic E-state index is -0.324. The molecule has 0 fully saturated rings. The van der Waals surface area contributed by atoms with Crippen LogP contribution in [0.1, 0.15) is 70.7 Å². The van der Waals surface area contributed by atoms with Crippen molar-refractivity contribution in [3.8, 4) is 0 Å². The number of allylic oxidation sites excluding steroid dienone is 1. The van der Waals surface area contributed by atoms with Gasteiger partial charge in [0.05, 0.1) is 37.9 Å². The predicted molar refractivity (Wildman–Crippen MR) is 275 cm³/mol. The summed E-state index contributed by atoms with van der Waals surface area (Å²) in [5, 5.41) is 43.8. The van der Waals surface area contributed by atoms with Crippen molar-refractivity contribution >= 4 is 74.0 Å². The maximum atomic E-state index is 13.3. The number of fused-ring (bicyclic) bond motifs is 2. The molecule has 2 heterocycles. The molecular weight excluding hydrogens is 869 g/mol. The molecule has 0 spiro atoms. The summed E-state index contributed by atoms with van der Waals surface area (Å²) in [4.78, 5) is 32.7. The lowest BCUT2D eigenvalue weighted by atomic mass is 9.79. The lowest BCUT2D eigenvalue weighted by Crippen LogP contribution is -2.37. The van der Waals surface area contributed by atoms with E-state index in [4.69, 9.17) is 0 Å². The van der Waals surface area contributed by atoms with Crippen LogP contribution in [0.5, 0.6) is 0 Å². The molecule has 0 saturated carbocycles. The molecule has 0 radical (unpaired) electrons. The Bertz CT molecular complexity index is 2340. The van der Waals surface area contributed by atoms with E-state index in [0.717, 1.165) is 62.2 Å². The highest BCUT2D eigenvalue weighted by Crippen LogP contribution is 2.45. The average molecular weight is 936 g/mol. The van der Waals surface area contributed by atoms with Crippen molar-refractivity contribution in [2.45, 2.75) is 44.6 Å². The predicted octanol–water partition coefficient (Wildman–Crippen LogP) is 6.34. The molecule has 12 nitrogen and oxygen atoms in total. The number of carbonyl (C=O) groups excluding carboxylic acids is 2. The lowest BCUT2D eigenvalue weighted by Gasteiger charge is -2.29. The maximum absolute atomic E-state index is 13.3. The van der Waals surface area contributed by atoms with E-state index in [2.05, 4.69) is 86.2 Å². The molecule has 66 heavy (non-hydrogen) atoms. The quantitative estimate of drug-likeness (QED) is 0.0281. The number of likely N-dealkylation sites (N-methyl/N-ethyl adjacent to an activating group) is 1. The summed E-state index contributed by atoms with van der Waals surface area (Å²) in [6, 6.07) is 28.1. The molecule has 0 aromatic heterocycles. The Morgan fingerprint density at radius 1 is 0.667 bits per heavy atom. The van der Waals surface area contributed by atoms with Gasteiger partial charge in [0.25, 0.3) is 11.8 Å². The molecule has 4 aromatic carbocycles. The topological polar surface area (TPSA) is 152 Å². The second-order valence-electron chi connectivity index (χ2n) is 17.7. The van der Waals surface area contributed by atoms with E-state index in [1.807, 2.05) is 94.7 Å². The van der Waals surface area contributed by atoms with Crippen LogP contribution in [-0.4, -0.2) is 140 Å². The summed E-state index contributed by atoms with van der Waals surface area (Å²) >= 11 is 0. The smallest absolute Gasteiger partial charge is 0.251 e. The van der Waals surface area contributed by atoms with Crippen molar-refractivity contribution < 1.29 is 34.6 Å². The molecule has 352 valence electrons. The number of benzene rings is 4. The van der Waals surface area contributed by atoms with Gasteiger partial charge in [-0.25, -0.2) is 0 Å². The molecule has 0 saturated heterocycles. The molecule has 6 rings (SSSR count). The Hall–Kier alpha value is -5.09. The monoisotopic (exact) mass is 935 g/mol. The van der Waals surface area contributed by atoms with Gasteiger partial charge >= 0.3 is 0 Å². The normalized spacial score (nSPS) is 16.0. The van der Waals surface area contributed by atoms with E-state index >= 15 is 0 Å². The van der Waals surface area contributed by atoms with Crippen LogP contribution in [0.25, 0.3) is 12.2 Å². The first-order valence-corrected chi connectivity index (χ1v) is 25.2. The van der Waals surface area contributed by atoms with Crippen LogP contribution in [0.2, 0.25) is 0 Å². The van der Waals surface area contributed by atoms with Crippen LogP contribution in [-0.2, 0) is 10.8 Å². The van der Waals surface area contributed by atoms with E-state index in [1.54, 1.807) is 21.6 Å². The molecular formula is C52H67N6O6S2+. The first-order chi connectivity index (χ1) is 31.7. The van der Waals surface area contributed by atoms with Crippen molar-refractivity contribution in [2.75, 3.05) is 106 Å². The molecule has 1 unspecified atom stereocenters. The van der Waals surface area contributed by atoms with Gasteiger partial charge in [-0.1, -0.05) is 71.9 Å². The number of hydrogen-bond donors (Lipinski definition) is 6. The van der Waals surface area contributed by atoms with Crippen LogP contribution in [0.15, 0.2) is 97.1 Å². The fourth-order valence-electron chi connectivity index (χ4n) is 9.07. The Morgan fingerprint density at radius 2 is 1.14 bits per heavy atom. The molecule has 0 aliphatic carbocycles. The number of rotatable bonds is 23. The summed E-state index contributed by atoms with van der Waals surface area (Å²) in [6.07, 6.45) is 8.57. The highest BCUT2D eigenvalue weighted by molar-refractivity contribution is 8.76. The number of hydrogen-bond acceptors (Lipinski definition) is 11. The Balaban J connectivity index is 0.927. The molecule has 2 aliphatic heterocycles. The first-order valence-electron chi connectivity index (χ1n) is 22.7. The van der Waals surface area contributed by atoms with Gasteiger partial charge in [0.15, 0.2) is 5.71 Å². The summed E-state index contributed by atoms with van der Waals surface area (Å²) in [7, 11) is 7.49. The number of nitrogens with one attached hydrogen (secondary N) is 2. The average Bonchev–Trinajstić information content (AvgIpc) is 3.63. The Labute approximate surface area is 398 Å². The first kappa shape index (κ1) is 50.3. The van der Waals surface area contributed by atoms with Gasteiger partial charge in [-0.2, -0.15) is 4.58 Å². The largest absolute Gasteiger partial charge is 0.395 e. The van der Waals surface area contributed by atoms with Crippen molar-refractivity contribution in [2.24, 2.45) is 0 Å². The van der Waals surface area contributed by atoms with E-state index in [9.17, 15) is 30.0 Å². The minimum absolute atomic E-state index is 0.0201. The van der Waals surface area contributed by atoms with Gasteiger partial charge in [0, 0.05) is 109 Å². The van der Waals surface area contributed by atoms with E-state index in [0.29, 0.717) is 50.4 Å². The fraction of sp³-hybridized carbons (Fsp3) is 0.404. The standard InChI is InChI=1S/C52H66N6O6S2/c1-51(2)43-35-39(13-19-45(43)55(5)47(51)21-11-37-7-15-41(16-8-37)57(25-29-59)26-30-60)49(63)53-23-33-65-66-34-24-54-50(64)40-14-20-46-44(36-40)52(3,4)48(56(46)6)22-12-38-9-17-42(18-10-38)58(27-31-61)28-32-62/h7-22,35-36,47,59-62H,23-34H2,1-6H3,(H-,53,54,63,64)/p+1/b21-11+. The number of aliphatic hydroxyl groups excluding tert-OH is 4. The van der Waals surface area contributed by atoms with E-state index in [-0.39, 0.29) is 55.1 Å². The number of carbonyl (C=O) groups is 2. The van der Waals surface area contributed by atoms with Crippen LogP contribution in [0.3, 0.4) is 0 Å². The van der Waals surface area contributed by atoms with Crippen molar-refractivity contribution in [3.05, 3.63) is 130 Å².